The Kier molecular flexibility index (Phi) is 6.71. The first-order valence-corrected chi connectivity index (χ1v) is 11.8. The molecule has 0 atom stereocenters. The Labute approximate surface area is 204 Å². The molecule has 9 heteroatoms. The maximum Gasteiger partial charge on any atom is 0.261 e. The molecule has 1 saturated heterocycles. The van der Waals surface area contributed by atoms with Crippen LogP contribution in [0.15, 0.2) is 42.6 Å². The molecule has 1 fully saturated rings. The minimum absolute atomic E-state index is 0.0944. The topological polar surface area (TPSA) is 123 Å². The van der Waals surface area contributed by atoms with Crippen molar-refractivity contribution in [2.75, 3.05) is 23.3 Å². The lowest BCUT2D eigenvalue weighted by atomic mass is 9.83. The lowest BCUT2D eigenvalue weighted by Gasteiger charge is -2.39. The molecule has 186 valence electrons. The number of rotatable bonds is 6. The Balaban J connectivity index is 1.67. The van der Waals surface area contributed by atoms with Gasteiger partial charge in [0.15, 0.2) is 5.65 Å². The van der Waals surface area contributed by atoms with Gasteiger partial charge in [-0.25, -0.2) is 9.50 Å². The van der Waals surface area contributed by atoms with Crippen molar-refractivity contribution in [3.05, 3.63) is 59.2 Å². The van der Waals surface area contributed by atoms with Crippen LogP contribution in [0.5, 0.6) is 5.75 Å². The van der Waals surface area contributed by atoms with E-state index in [4.69, 9.17) is 0 Å². The first kappa shape index (κ1) is 24.5. The fourth-order valence-electron chi connectivity index (χ4n) is 4.62. The summed E-state index contributed by atoms with van der Waals surface area (Å²) in [6, 6.07) is 3.42. The van der Waals surface area contributed by atoms with Gasteiger partial charge >= 0.3 is 0 Å². The highest BCUT2D eigenvalue weighted by atomic mass is 16.3. The third-order valence-corrected chi connectivity index (χ3v) is 6.70. The van der Waals surface area contributed by atoms with Crippen LogP contribution < -0.4 is 10.2 Å². The molecule has 1 aromatic carbocycles. The maximum atomic E-state index is 13.3. The van der Waals surface area contributed by atoms with E-state index in [0.29, 0.717) is 53.2 Å². The quantitative estimate of drug-likeness (QED) is 0.311. The molecule has 0 spiro atoms. The van der Waals surface area contributed by atoms with Crippen LogP contribution in [0, 0.1) is 12.8 Å². The number of benzene rings is 1. The number of hydrogen-bond donors (Lipinski definition) is 4. The fourth-order valence-corrected chi connectivity index (χ4v) is 4.62. The summed E-state index contributed by atoms with van der Waals surface area (Å²) < 4.78 is 1.57. The van der Waals surface area contributed by atoms with Gasteiger partial charge in [-0.15, -0.1) is 0 Å². The van der Waals surface area contributed by atoms with Crippen LogP contribution in [0.3, 0.4) is 0 Å². The molecule has 0 aliphatic carbocycles. The van der Waals surface area contributed by atoms with Crippen molar-refractivity contribution >= 4 is 22.9 Å². The standard InChI is InChI=1S/C26H33N5O4/c1-16(15-32)9-18-10-21(29-25(34)20-13-28-31-14-17(2)12-27-24(20)31)22(11-23(18)33)30-7-5-19(6-8-30)26(3,4)35/h10-15,19,32-33,35H,5-9H2,1-4H3,(H,29,34)/b16-15+. The predicted octanol–water partition coefficient (Wildman–Crippen LogP) is 3.99. The number of carbonyl (C=O) groups excluding carboxylic acids is 1. The summed E-state index contributed by atoms with van der Waals surface area (Å²) in [5.41, 5.74) is 3.51. The van der Waals surface area contributed by atoms with Crippen LogP contribution in [-0.2, 0) is 6.42 Å². The fraction of sp³-hybridized carbons (Fsp3) is 0.423. The molecule has 0 saturated carbocycles. The molecule has 0 unspecified atom stereocenters. The number of anilines is 2. The summed E-state index contributed by atoms with van der Waals surface area (Å²) in [5, 5.41) is 37.8. The lowest BCUT2D eigenvalue weighted by Crippen LogP contribution is -2.42. The highest BCUT2D eigenvalue weighted by molar-refractivity contribution is 6.09. The van der Waals surface area contributed by atoms with Gasteiger partial charge in [-0.2, -0.15) is 5.10 Å². The van der Waals surface area contributed by atoms with Gasteiger partial charge in [0.1, 0.15) is 11.3 Å². The van der Waals surface area contributed by atoms with Crippen molar-refractivity contribution in [3.8, 4) is 5.75 Å². The summed E-state index contributed by atoms with van der Waals surface area (Å²) >= 11 is 0. The number of piperidine rings is 1. The zero-order chi connectivity index (χ0) is 25.3. The third kappa shape index (κ3) is 5.24. The Bertz CT molecular complexity index is 1270. The van der Waals surface area contributed by atoms with Crippen LogP contribution in [0.25, 0.3) is 5.65 Å². The molecular weight excluding hydrogens is 446 g/mol. The number of aromatic nitrogens is 3. The van der Waals surface area contributed by atoms with Crippen molar-refractivity contribution < 1.29 is 20.1 Å². The smallest absolute Gasteiger partial charge is 0.261 e. The summed E-state index contributed by atoms with van der Waals surface area (Å²) in [4.78, 5) is 19.8. The summed E-state index contributed by atoms with van der Waals surface area (Å²) in [6.07, 6.45) is 7.93. The number of aliphatic hydroxyl groups excluding tert-OH is 1. The first-order chi connectivity index (χ1) is 16.6. The molecule has 1 amide bonds. The van der Waals surface area contributed by atoms with E-state index in [1.165, 1.54) is 6.20 Å². The zero-order valence-electron chi connectivity index (χ0n) is 20.6. The third-order valence-electron chi connectivity index (χ3n) is 6.70. The second-order valence-corrected chi connectivity index (χ2v) is 9.98. The number of hydrogen-bond acceptors (Lipinski definition) is 7. The van der Waals surface area contributed by atoms with Crippen molar-refractivity contribution in [2.45, 2.75) is 52.6 Å². The molecule has 3 aromatic rings. The second kappa shape index (κ2) is 9.58. The molecule has 2 aromatic heterocycles. The molecular formula is C26H33N5O4. The summed E-state index contributed by atoms with van der Waals surface area (Å²) in [5.74, 6) is -0.0812. The molecule has 4 N–H and O–H groups in total. The molecule has 3 heterocycles. The van der Waals surface area contributed by atoms with Crippen LogP contribution in [0.1, 0.15) is 55.1 Å². The van der Waals surface area contributed by atoms with E-state index in [0.717, 1.165) is 24.7 Å². The number of amides is 1. The van der Waals surface area contributed by atoms with Gasteiger partial charge < -0.3 is 25.5 Å². The van der Waals surface area contributed by atoms with E-state index >= 15 is 0 Å². The van der Waals surface area contributed by atoms with Crippen LogP contribution in [0.4, 0.5) is 11.4 Å². The number of aliphatic hydroxyl groups is 2. The number of phenols is 1. The van der Waals surface area contributed by atoms with E-state index in [1.54, 1.807) is 36.0 Å². The molecule has 0 bridgehead atoms. The minimum Gasteiger partial charge on any atom is -0.516 e. The number of nitrogens with zero attached hydrogens (tertiary/aromatic N) is 4. The number of phenolic OH excluding ortho intramolecular Hbond substituents is 1. The first-order valence-electron chi connectivity index (χ1n) is 11.8. The SMILES string of the molecule is C/C(=C\O)Cc1cc(NC(=O)c2cnn3cc(C)cnc23)c(N2CCC(C(C)(C)O)CC2)cc1O. The van der Waals surface area contributed by atoms with E-state index in [1.807, 2.05) is 20.8 Å². The van der Waals surface area contributed by atoms with E-state index in [2.05, 4.69) is 20.3 Å². The van der Waals surface area contributed by atoms with Gasteiger partial charge in [-0.1, -0.05) is 0 Å². The largest absolute Gasteiger partial charge is 0.516 e. The molecule has 1 aliphatic rings. The maximum absolute atomic E-state index is 13.3. The second-order valence-electron chi connectivity index (χ2n) is 9.98. The molecule has 35 heavy (non-hydrogen) atoms. The Morgan fingerprint density at radius 3 is 2.63 bits per heavy atom. The van der Waals surface area contributed by atoms with E-state index in [9.17, 15) is 20.1 Å². The average molecular weight is 480 g/mol. The van der Waals surface area contributed by atoms with Crippen molar-refractivity contribution in [1.29, 1.82) is 0 Å². The predicted molar refractivity (Wildman–Crippen MR) is 135 cm³/mol. The Morgan fingerprint density at radius 1 is 1.26 bits per heavy atom. The van der Waals surface area contributed by atoms with Crippen molar-refractivity contribution in [3.63, 3.8) is 0 Å². The highest BCUT2D eigenvalue weighted by Crippen LogP contribution is 2.38. The van der Waals surface area contributed by atoms with Gasteiger partial charge in [-0.05, 0) is 63.7 Å². The van der Waals surface area contributed by atoms with Gasteiger partial charge in [0.05, 0.1) is 29.4 Å². The summed E-state index contributed by atoms with van der Waals surface area (Å²) in [6.45, 7) is 8.71. The number of nitrogens with one attached hydrogen (secondary N) is 1. The average Bonchev–Trinajstić information content (AvgIpc) is 3.23. The molecule has 1 aliphatic heterocycles. The van der Waals surface area contributed by atoms with Crippen LogP contribution in [0.2, 0.25) is 0 Å². The number of aryl methyl sites for hydroxylation is 1. The molecule has 9 nitrogen and oxygen atoms in total. The van der Waals surface area contributed by atoms with E-state index < -0.39 is 5.60 Å². The molecule has 4 rings (SSSR count). The number of fused-ring (bicyclic) bond motifs is 1. The number of aromatic hydroxyl groups is 1. The van der Waals surface area contributed by atoms with Gasteiger partial charge in [0, 0.05) is 43.5 Å². The van der Waals surface area contributed by atoms with Crippen LogP contribution >= 0.6 is 0 Å². The van der Waals surface area contributed by atoms with Crippen molar-refractivity contribution in [1.82, 2.24) is 14.6 Å². The summed E-state index contributed by atoms with van der Waals surface area (Å²) in [7, 11) is 0. The Hall–Kier alpha value is -3.59. The van der Waals surface area contributed by atoms with Gasteiger partial charge in [-0.3, -0.25) is 4.79 Å². The van der Waals surface area contributed by atoms with Gasteiger partial charge in [0.25, 0.3) is 5.91 Å². The number of allylic oxidation sites excluding steroid dienone is 1. The highest BCUT2D eigenvalue weighted by Gasteiger charge is 2.31. The monoisotopic (exact) mass is 479 g/mol. The Morgan fingerprint density at radius 2 is 1.97 bits per heavy atom. The van der Waals surface area contributed by atoms with E-state index in [-0.39, 0.29) is 17.6 Å². The lowest BCUT2D eigenvalue weighted by molar-refractivity contribution is 0.00652. The number of carbonyl (C=O) groups is 1. The molecule has 0 radical (unpaired) electrons. The zero-order valence-corrected chi connectivity index (χ0v) is 20.6. The van der Waals surface area contributed by atoms with Crippen LogP contribution in [-0.4, -0.2) is 54.5 Å². The van der Waals surface area contributed by atoms with Crippen molar-refractivity contribution in [2.24, 2.45) is 5.92 Å². The minimum atomic E-state index is -0.752. The van der Waals surface area contributed by atoms with Gasteiger partial charge in [0.2, 0.25) is 0 Å². The normalized spacial score (nSPS) is 15.6.